The van der Waals surface area contributed by atoms with Gasteiger partial charge in [0.15, 0.2) is 0 Å². The third-order valence-corrected chi connectivity index (χ3v) is 9.20. The largest absolute Gasteiger partial charge is 0.393 e. The quantitative estimate of drug-likeness (QED) is 0.0715. The van der Waals surface area contributed by atoms with E-state index in [1.807, 2.05) is 48.5 Å². The predicted octanol–water partition coefficient (Wildman–Crippen LogP) is 7.30. The topological polar surface area (TPSA) is 177 Å². The number of ketones is 2. The normalized spacial score (nSPS) is 12.5. The van der Waals surface area contributed by atoms with Gasteiger partial charge in [-0.2, -0.15) is 0 Å². The number of nitrogens with two attached hydrogens (primary N) is 1. The molecule has 0 unspecified atom stereocenters. The number of hydrogen-bond acceptors (Lipinski definition) is 8. The zero-order valence-electron chi connectivity index (χ0n) is 37.6. The first-order valence-corrected chi connectivity index (χ1v) is 20.0. The van der Waals surface area contributed by atoms with E-state index in [9.17, 15) is 29.1 Å². The van der Waals surface area contributed by atoms with Crippen LogP contribution in [0.15, 0.2) is 0 Å². The van der Waals surface area contributed by atoms with Crippen LogP contribution < -0.4 is 21.7 Å². The van der Waals surface area contributed by atoms with Gasteiger partial charge in [0.05, 0.1) is 30.3 Å². The summed E-state index contributed by atoms with van der Waals surface area (Å²) in [5, 5.41) is 18.0. The summed E-state index contributed by atoms with van der Waals surface area (Å²) >= 11 is 0. The first-order chi connectivity index (χ1) is 24.1. The number of nitrogens with one attached hydrogen (secondary N) is 3. The van der Waals surface area contributed by atoms with Crippen LogP contribution in [-0.2, 0) is 28.7 Å². The Kier molecular flexibility index (Phi) is 30.4. The van der Waals surface area contributed by atoms with E-state index in [1.165, 1.54) is 13.3 Å². The Bertz CT molecular complexity index is 1050. The third kappa shape index (κ3) is 26.1. The summed E-state index contributed by atoms with van der Waals surface area (Å²) in [5.41, 5.74) is 1.96. The summed E-state index contributed by atoms with van der Waals surface area (Å²) in [7, 11) is 0. The fourth-order valence-corrected chi connectivity index (χ4v) is 4.84. The molecule has 0 aliphatic carbocycles. The lowest BCUT2D eigenvalue weighted by Gasteiger charge is -2.42. The van der Waals surface area contributed by atoms with E-state index in [-0.39, 0.29) is 41.9 Å². The molecule has 0 aromatic heterocycles. The van der Waals surface area contributed by atoms with Gasteiger partial charge in [-0.15, -0.1) is 0 Å². The Labute approximate surface area is 325 Å². The Morgan fingerprint density at radius 3 is 1.70 bits per heavy atom. The molecule has 11 nitrogen and oxygen atoms in total. The number of Topliss-reactive ketones (excluding diaryl/α,β-unsaturated/α-hetero) is 2. The van der Waals surface area contributed by atoms with E-state index >= 15 is 0 Å². The molecular weight excluding hydrogens is 672 g/mol. The molecule has 0 rings (SSSR count). The van der Waals surface area contributed by atoms with Crippen LogP contribution in [-0.4, -0.2) is 77.9 Å². The van der Waals surface area contributed by atoms with Gasteiger partial charge in [-0.25, -0.2) is 0 Å². The average Bonchev–Trinajstić information content (AvgIpc) is 3.05. The summed E-state index contributed by atoms with van der Waals surface area (Å²) in [6, 6.07) is -0.327. The molecule has 53 heavy (non-hydrogen) atoms. The van der Waals surface area contributed by atoms with E-state index in [0.29, 0.717) is 51.3 Å². The number of aliphatic hydroxyl groups excluding tert-OH is 1. The lowest BCUT2D eigenvalue weighted by atomic mass is 9.65. The van der Waals surface area contributed by atoms with Crippen LogP contribution >= 0.6 is 0 Å². The first-order valence-electron chi connectivity index (χ1n) is 20.0. The van der Waals surface area contributed by atoms with Gasteiger partial charge in [0.25, 0.3) is 0 Å². The molecule has 11 heteroatoms. The van der Waals surface area contributed by atoms with Crippen molar-refractivity contribution in [1.82, 2.24) is 16.0 Å². The average molecular weight is 759 g/mol. The van der Waals surface area contributed by atoms with Crippen molar-refractivity contribution in [2.24, 2.45) is 27.9 Å². The number of aliphatic hydroxyl groups is 1. The molecule has 0 aliphatic rings. The highest BCUT2D eigenvalue weighted by Gasteiger charge is 2.48. The fourth-order valence-electron chi connectivity index (χ4n) is 4.84. The predicted molar refractivity (Wildman–Crippen MR) is 221 cm³/mol. The molecule has 3 amide bonds. The molecule has 6 N–H and O–H groups in total. The van der Waals surface area contributed by atoms with Gasteiger partial charge in [0.1, 0.15) is 11.6 Å². The van der Waals surface area contributed by atoms with Crippen LogP contribution in [0.25, 0.3) is 0 Å². The van der Waals surface area contributed by atoms with Crippen molar-refractivity contribution in [1.29, 1.82) is 0 Å². The molecule has 0 aromatic carbocycles. The number of carbonyl (C=O) groups is 5. The van der Waals surface area contributed by atoms with Crippen LogP contribution in [0, 0.1) is 22.2 Å². The highest BCUT2D eigenvalue weighted by molar-refractivity contribution is 5.92. The summed E-state index contributed by atoms with van der Waals surface area (Å²) in [6.07, 6.45) is 6.20. The first kappa shape index (κ1) is 57.4. The molecular formula is C42H86N4O7. The van der Waals surface area contributed by atoms with Crippen LogP contribution in [0.5, 0.6) is 0 Å². The van der Waals surface area contributed by atoms with E-state index in [4.69, 9.17) is 10.5 Å². The number of ether oxygens (including phenoxy) is 1. The van der Waals surface area contributed by atoms with Crippen LogP contribution in [0.3, 0.4) is 0 Å². The summed E-state index contributed by atoms with van der Waals surface area (Å²) in [5.74, 6) is 0.399. The molecule has 0 radical (unpaired) electrons. The Morgan fingerprint density at radius 2 is 1.26 bits per heavy atom. The third-order valence-electron chi connectivity index (χ3n) is 9.20. The number of hydrogen-bond donors (Lipinski definition) is 5. The van der Waals surface area contributed by atoms with Gasteiger partial charge in [0, 0.05) is 42.3 Å². The maximum absolute atomic E-state index is 13.0. The smallest absolute Gasteiger partial charge is 0.227 e. The summed E-state index contributed by atoms with van der Waals surface area (Å²) in [4.78, 5) is 60.4. The van der Waals surface area contributed by atoms with Crippen LogP contribution in [0.4, 0.5) is 0 Å². The van der Waals surface area contributed by atoms with E-state index in [2.05, 4.69) is 43.6 Å². The van der Waals surface area contributed by atoms with Gasteiger partial charge >= 0.3 is 0 Å². The molecule has 0 saturated carbocycles. The molecule has 0 aromatic rings. The van der Waals surface area contributed by atoms with E-state index < -0.39 is 27.4 Å². The lowest BCUT2D eigenvalue weighted by Crippen LogP contribution is -2.56. The standard InChI is InChI=1S/C23H44N2O5.C14H28N2O2.C3H8.C2H6/c1-16(27)22(8,9)23(10,11)18(29)25-20(4,5)14-19(2,3)17(28)24-12-13-30-21(6,7)15-26;1-4-13(17)12(15)7-5-6-10-16-14(18)9-8-11(2)3;1-3-2;1-2/h26H,12-15H2,1-11H3,(H,24,28)(H,25,29);11-12H,4-10,15H2,1-3H3,(H,16,18);3H2,1-2H3;1-2H3/t;12-;;/m.0../s1. The molecule has 0 aliphatic heterocycles. The zero-order chi connectivity index (χ0) is 42.9. The monoisotopic (exact) mass is 759 g/mol. The second kappa shape index (κ2) is 28.1. The van der Waals surface area contributed by atoms with Gasteiger partial charge in [-0.05, 0) is 72.6 Å². The highest BCUT2D eigenvalue weighted by atomic mass is 16.5. The van der Waals surface area contributed by atoms with Crippen LogP contribution in [0.2, 0.25) is 0 Å². The zero-order valence-corrected chi connectivity index (χ0v) is 37.6. The number of unbranched alkanes of at least 4 members (excludes halogenated alkanes) is 1. The minimum atomic E-state index is -0.903. The van der Waals surface area contributed by atoms with Gasteiger partial charge in [0.2, 0.25) is 17.7 Å². The molecule has 0 fully saturated rings. The fraction of sp³-hybridized carbons (Fsp3) is 0.881. The molecule has 0 heterocycles. The van der Waals surface area contributed by atoms with Gasteiger partial charge in [-0.1, -0.05) is 96.4 Å². The number of carbonyl (C=O) groups excluding carboxylic acids is 5. The Balaban J connectivity index is -0.000000443. The molecule has 0 bridgehead atoms. The van der Waals surface area contributed by atoms with Crippen molar-refractivity contribution in [3.8, 4) is 0 Å². The summed E-state index contributed by atoms with van der Waals surface area (Å²) in [6.45, 7) is 35.1. The Hall–Kier alpha value is -2.37. The molecule has 316 valence electrons. The van der Waals surface area contributed by atoms with E-state index in [0.717, 1.165) is 19.3 Å². The summed E-state index contributed by atoms with van der Waals surface area (Å²) < 4.78 is 5.53. The van der Waals surface area contributed by atoms with Crippen molar-refractivity contribution in [2.45, 2.75) is 193 Å². The molecule has 1 atom stereocenters. The second-order valence-corrected chi connectivity index (χ2v) is 17.1. The minimum absolute atomic E-state index is 0.0493. The maximum Gasteiger partial charge on any atom is 0.227 e. The van der Waals surface area contributed by atoms with Crippen molar-refractivity contribution in [3.05, 3.63) is 0 Å². The van der Waals surface area contributed by atoms with Crippen molar-refractivity contribution >= 4 is 29.3 Å². The minimum Gasteiger partial charge on any atom is -0.393 e. The van der Waals surface area contributed by atoms with Gasteiger partial charge < -0.3 is 31.5 Å². The van der Waals surface area contributed by atoms with Crippen molar-refractivity contribution in [2.75, 3.05) is 26.3 Å². The van der Waals surface area contributed by atoms with Crippen molar-refractivity contribution in [3.63, 3.8) is 0 Å². The SMILES string of the molecule is CC.CC(=O)C(C)(C)C(C)(C)C(=O)NC(C)(C)CC(C)(C)C(=O)NCCOC(C)(C)CO.CCC.CCC(=O)[C@@H](N)CCCCNC(=O)CCC(C)C. The molecule has 0 spiro atoms. The Morgan fingerprint density at radius 1 is 0.755 bits per heavy atom. The van der Waals surface area contributed by atoms with Crippen molar-refractivity contribution < 1.29 is 33.8 Å². The highest BCUT2D eigenvalue weighted by Crippen LogP contribution is 2.40. The maximum atomic E-state index is 13.0. The second-order valence-electron chi connectivity index (χ2n) is 17.1. The number of rotatable bonds is 22. The molecule has 0 saturated heterocycles. The number of amides is 3. The lowest BCUT2D eigenvalue weighted by molar-refractivity contribution is -0.146. The van der Waals surface area contributed by atoms with E-state index in [1.54, 1.807) is 41.5 Å². The van der Waals surface area contributed by atoms with Gasteiger partial charge in [-0.3, -0.25) is 24.0 Å². The van der Waals surface area contributed by atoms with Crippen LogP contribution in [0.1, 0.15) is 176 Å².